The van der Waals surface area contributed by atoms with Crippen LogP contribution in [-0.2, 0) is 6.54 Å². The SMILES string of the molecule is CC(C)c1ccccc1OC[C@H](O)C[NH2+][C@@H]1CC[NH+](Cc2ccccc2)C1. The van der Waals surface area contributed by atoms with Crippen molar-refractivity contribution >= 4 is 0 Å². The first kappa shape index (κ1) is 19.9. The van der Waals surface area contributed by atoms with Gasteiger partial charge >= 0.3 is 0 Å². The van der Waals surface area contributed by atoms with E-state index in [1.165, 1.54) is 30.6 Å². The third-order valence-electron chi connectivity index (χ3n) is 5.43. The zero-order chi connectivity index (χ0) is 19.1. The molecule has 4 N–H and O–H groups in total. The number of ether oxygens (including phenoxy) is 1. The van der Waals surface area contributed by atoms with Gasteiger partial charge in [-0.15, -0.1) is 0 Å². The molecular formula is C23H34N2O2+2. The van der Waals surface area contributed by atoms with E-state index in [9.17, 15) is 5.11 Å². The molecule has 1 heterocycles. The normalized spacial score (nSPS) is 20.7. The third-order valence-corrected chi connectivity index (χ3v) is 5.43. The highest BCUT2D eigenvalue weighted by Gasteiger charge is 2.29. The molecule has 0 spiro atoms. The molecule has 27 heavy (non-hydrogen) atoms. The first-order chi connectivity index (χ1) is 13.1. The van der Waals surface area contributed by atoms with Crippen LogP contribution in [-0.4, -0.2) is 43.5 Å². The van der Waals surface area contributed by atoms with Crippen LogP contribution >= 0.6 is 0 Å². The smallest absolute Gasteiger partial charge is 0.141 e. The topological polar surface area (TPSA) is 50.5 Å². The third kappa shape index (κ3) is 6.06. The molecule has 3 rings (SSSR count). The molecule has 2 aromatic carbocycles. The molecule has 4 heteroatoms. The van der Waals surface area contributed by atoms with Crippen LogP contribution in [0.3, 0.4) is 0 Å². The lowest BCUT2D eigenvalue weighted by atomic mass is 10.0. The van der Waals surface area contributed by atoms with E-state index in [1.807, 2.05) is 18.2 Å². The molecule has 146 valence electrons. The standard InChI is InChI=1S/C23H32N2O2/c1-18(2)22-10-6-7-11-23(22)27-17-21(26)14-24-20-12-13-25(16-20)15-19-8-4-3-5-9-19/h3-11,18,20-21,24,26H,12-17H2,1-2H3/p+2/t20-,21-/m1/s1. The minimum Gasteiger partial charge on any atom is -0.490 e. The van der Waals surface area contributed by atoms with Gasteiger partial charge in [0.2, 0.25) is 0 Å². The average Bonchev–Trinajstić information content (AvgIpc) is 3.13. The van der Waals surface area contributed by atoms with Crippen LogP contribution in [0.25, 0.3) is 0 Å². The van der Waals surface area contributed by atoms with Crippen molar-refractivity contribution in [3.05, 3.63) is 65.7 Å². The maximum absolute atomic E-state index is 10.3. The van der Waals surface area contributed by atoms with Crippen molar-refractivity contribution in [3.8, 4) is 5.75 Å². The number of hydrogen-bond donors (Lipinski definition) is 3. The fourth-order valence-corrected chi connectivity index (χ4v) is 3.90. The van der Waals surface area contributed by atoms with Crippen molar-refractivity contribution in [2.24, 2.45) is 0 Å². The van der Waals surface area contributed by atoms with Crippen LogP contribution in [0.2, 0.25) is 0 Å². The highest BCUT2D eigenvalue weighted by atomic mass is 16.5. The molecule has 3 atom stereocenters. The van der Waals surface area contributed by atoms with E-state index < -0.39 is 6.10 Å². The van der Waals surface area contributed by atoms with E-state index in [0.29, 0.717) is 25.1 Å². The number of quaternary nitrogens is 2. The molecule has 1 saturated heterocycles. The van der Waals surface area contributed by atoms with Crippen molar-refractivity contribution in [1.82, 2.24) is 0 Å². The van der Waals surface area contributed by atoms with Gasteiger partial charge in [-0.3, -0.25) is 0 Å². The van der Waals surface area contributed by atoms with Crippen molar-refractivity contribution in [3.63, 3.8) is 0 Å². The van der Waals surface area contributed by atoms with Gasteiger partial charge < -0.3 is 20.1 Å². The Kier molecular flexibility index (Phi) is 7.27. The second kappa shape index (κ2) is 9.88. The number of hydrogen-bond acceptors (Lipinski definition) is 2. The Balaban J connectivity index is 1.38. The number of rotatable bonds is 9. The van der Waals surface area contributed by atoms with E-state index in [4.69, 9.17) is 4.74 Å². The van der Waals surface area contributed by atoms with Crippen LogP contribution in [0.15, 0.2) is 54.6 Å². The number of likely N-dealkylation sites (tertiary alicyclic amines) is 1. The molecule has 1 aliphatic heterocycles. The summed E-state index contributed by atoms with van der Waals surface area (Å²) in [5.74, 6) is 1.31. The average molecular weight is 371 g/mol. The first-order valence-electron chi connectivity index (χ1n) is 10.2. The fraction of sp³-hybridized carbons (Fsp3) is 0.478. The van der Waals surface area contributed by atoms with Gasteiger partial charge in [-0.05, 0) is 17.5 Å². The summed E-state index contributed by atoms with van der Waals surface area (Å²) in [6.07, 6.45) is 0.773. The quantitative estimate of drug-likeness (QED) is 0.616. The maximum atomic E-state index is 10.3. The number of nitrogens with two attached hydrogens (primary N) is 1. The number of para-hydroxylation sites is 1. The van der Waals surface area contributed by atoms with Crippen molar-refractivity contribution < 1.29 is 20.1 Å². The molecule has 1 unspecified atom stereocenters. The summed E-state index contributed by atoms with van der Waals surface area (Å²) >= 11 is 0. The predicted octanol–water partition coefficient (Wildman–Crippen LogP) is 0.971. The monoisotopic (exact) mass is 370 g/mol. The highest BCUT2D eigenvalue weighted by molar-refractivity contribution is 5.35. The summed E-state index contributed by atoms with van der Waals surface area (Å²) < 4.78 is 5.90. The van der Waals surface area contributed by atoms with Gasteiger partial charge in [-0.25, -0.2) is 0 Å². The van der Waals surface area contributed by atoms with Gasteiger partial charge in [-0.2, -0.15) is 0 Å². The fourth-order valence-electron chi connectivity index (χ4n) is 3.90. The summed E-state index contributed by atoms with van der Waals surface area (Å²) in [6.45, 7) is 8.86. The molecule has 0 radical (unpaired) electrons. The Morgan fingerprint density at radius 2 is 1.85 bits per heavy atom. The first-order valence-corrected chi connectivity index (χ1v) is 10.2. The van der Waals surface area contributed by atoms with Crippen LogP contribution in [0.1, 0.15) is 37.3 Å². The van der Waals surface area contributed by atoms with E-state index in [-0.39, 0.29) is 0 Å². The summed E-state index contributed by atoms with van der Waals surface area (Å²) in [6, 6.07) is 19.4. The zero-order valence-corrected chi connectivity index (χ0v) is 16.6. The maximum Gasteiger partial charge on any atom is 0.141 e. The van der Waals surface area contributed by atoms with Gasteiger partial charge in [0.1, 0.15) is 44.1 Å². The lowest BCUT2D eigenvalue weighted by Crippen LogP contribution is -3.11. The molecule has 1 aliphatic rings. The van der Waals surface area contributed by atoms with Crippen molar-refractivity contribution in [2.75, 3.05) is 26.2 Å². The number of benzene rings is 2. The molecule has 0 aromatic heterocycles. The number of aliphatic hydroxyl groups is 1. The minimum absolute atomic E-state index is 0.355. The van der Waals surface area contributed by atoms with E-state index in [0.717, 1.165) is 12.3 Å². The van der Waals surface area contributed by atoms with Crippen LogP contribution in [0.5, 0.6) is 5.75 Å². The molecule has 0 aliphatic carbocycles. The zero-order valence-electron chi connectivity index (χ0n) is 16.6. The molecule has 0 saturated carbocycles. The molecule has 0 bridgehead atoms. The van der Waals surface area contributed by atoms with Gasteiger partial charge in [0, 0.05) is 5.56 Å². The Labute approximate surface area is 163 Å². The number of aliphatic hydroxyl groups excluding tert-OH is 1. The number of nitrogens with one attached hydrogen (secondary N) is 1. The summed E-state index contributed by atoms with van der Waals surface area (Å²) in [4.78, 5) is 1.64. The molecule has 2 aromatic rings. The Bertz CT molecular complexity index is 690. The minimum atomic E-state index is -0.441. The second-order valence-electron chi connectivity index (χ2n) is 8.04. The van der Waals surface area contributed by atoms with E-state index >= 15 is 0 Å². The Hall–Kier alpha value is -1.88. The summed E-state index contributed by atoms with van der Waals surface area (Å²) in [5, 5.41) is 12.6. The molecule has 1 fully saturated rings. The lowest BCUT2D eigenvalue weighted by Gasteiger charge is -2.17. The lowest BCUT2D eigenvalue weighted by molar-refractivity contribution is -0.911. The largest absolute Gasteiger partial charge is 0.490 e. The van der Waals surface area contributed by atoms with E-state index in [2.05, 4.69) is 55.6 Å². The molecule has 4 nitrogen and oxygen atoms in total. The van der Waals surface area contributed by atoms with Crippen molar-refractivity contribution in [1.29, 1.82) is 0 Å². The van der Waals surface area contributed by atoms with Gasteiger partial charge in [0.25, 0.3) is 0 Å². The Morgan fingerprint density at radius 3 is 2.63 bits per heavy atom. The second-order valence-corrected chi connectivity index (χ2v) is 8.04. The van der Waals surface area contributed by atoms with Crippen LogP contribution in [0, 0.1) is 0 Å². The van der Waals surface area contributed by atoms with Crippen molar-refractivity contribution in [2.45, 2.75) is 44.9 Å². The van der Waals surface area contributed by atoms with Crippen LogP contribution < -0.4 is 15.0 Å². The predicted molar refractivity (Wildman–Crippen MR) is 108 cm³/mol. The summed E-state index contributed by atoms with van der Waals surface area (Å²) in [7, 11) is 0. The highest BCUT2D eigenvalue weighted by Crippen LogP contribution is 2.25. The van der Waals surface area contributed by atoms with Gasteiger partial charge in [0.05, 0.1) is 13.0 Å². The van der Waals surface area contributed by atoms with E-state index in [1.54, 1.807) is 4.90 Å². The van der Waals surface area contributed by atoms with Crippen LogP contribution in [0.4, 0.5) is 0 Å². The van der Waals surface area contributed by atoms with Gasteiger partial charge in [-0.1, -0.05) is 62.4 Å². The summed E-state index contributed by atoms with van der Waals surface area (Å²) in [5.41, 5.74) is 2.61. The van der Waals surface area contributed by atoms with Gasteiger partial charge in [0.15, 0.2) is 0 Å². The molecule has 0 amide bonds. The Morgan fingerprint density at radius 1 is 1.11 bits per heavy atom. The molecular weight excluding hydrogens is 336 g/mol.